The summed E-state index contributed by atoms with van der Waals surface area (Å²) >= 11 is 1.53. The second-order valence-electron chi connectivity index (χ2n) is 8.65. The van der Waals surface area contributed by atoms with Gasteiger partial charge in [0, 0.05) is 12.1 Å². The highest BCUT2D eigenvalue weighted by Gasteiger charge is 2.17. The molecule has 0 aliphatic carbocycles. The molecule has 0 bridgehead atoms. The van der Waals surface area contributed by atoms with E-state index in [4.69, 9.17) is 0 Å². The molecule has 7 heteroatoms. The van der Waals surface area contributed by atoms with Gasteiger partial charge in [0.15, 0.2) is 11.0 Å². The normalized spacial score (nSPS) is 11.9. The largest absolute Gasteiger partial charge is 0.309 e. The van der Waals surface area contributed by atoms with Gasteiger partial charge in [0.25, 0.3) is 5.56 Å². The summed E-state index contributed by atoms with van der Waals surface area (Å²) < 4.78 is 2.10. The molecule has 0 radical (unpaired) electrons. The van der Waals surface area contributed by atoms with Gasteiger partial charge >= 0.3 is 0 Å². The zero-order valence-corrected chi connectivity index (χ0v) is 19.4. The number of rotatable bonds is 5. The Morgan fingerprint density at radius 2 is 1.81 bits per heavy atom. The fourth-order valence-electron chi connectivity index (χ4n) is 3.57. The molecule has 31 heavy (non-hydrogen) atoms. The Labute approximate surface area is 186 Å². The summed E-state index contributed by atoms with van der Waals surface area (Å²) in [7, 11) is 0. The summed E-state index contributed by atoms with van der Waals surface area (Å²) in [4.78, 5) is 20.0. The first kappa shape index (κ1) is 21.3. The fourth-order valence-corrected chi connectivity index (χ4v) is 4.44. The minimum Gasteiger partial charge on any atom is -0.309 e. The molecule has 4 aromatic rings. The Morgan fingerprint density at radius 1 is 1.06 bits per heavy atom. The highest BCUT2D eigenvalue weighted by molar-refractivity contribution is 7.98. The molecule has 2 aromatic carbocycles. The van der Waals surface area contributed by atoms with E-state index in [2.05, 4.69) is 76.7 Å². The van der Waals surface area contributed by atoms with Crippen LogP contribution in [0.15, 0.2) is 52.4 Å². The zero-order chi connectivity index (χ0) is 22.2. The first-order chi connectivity index (χ1) is 14.8. The van der Waals surface area contributed by atoms with Crippen molar-refractivity contribution in [1.82, 2.24) is 24.7 Å². The first-order valence-electron chi connectivity index (χ1n) is 10.4. The molecular weight excluding hydrogens is 406 g/mol. The molecule has 0 unspecified atom stereocenters. The molecule has 0 atom stereocenters. The van der Waals surface area contributed by atoms with Crippen molar-refractivity contribution in [1.29, 1.82) is 0 Å². The predicted octanol–water partition coefficient (Wildman–Crippen LogP) is 5.10. The molecule has 0 aliphatic rings. The van der Waals surface area contributed by atoms with Gasteiger partial charge in [0.1, 0.15) is 5.82 Å². The Morgan fingerprint density at radius 3 is 2.48 bits per heavy atom. The number of hydrogen-bond acceptors (Lipinski definition) is 5. The van der Waals surface area contributed by atoms with Crippen molar-refractivity contribution in [2.75, 3.05) is 0 Å². The minimum atomic E-state index is -0.110. The molecule has 0 fully saturated rings. The van der Waals surface area contributed by atoms with Crippen molar-refractivity contribution in [3.8, 4) is 11.4 Å². The van der Waals surface area contributed by atoms with Gasteiger partial charge in [-0.3, -0.25) is 4.79 Å². The van der Waals surface area contributed by atoms with Gasteiger partial charge in [-0.1, -0.05) is 68.9 Å². The highest BCUT2D eigenvalue weighted by Crippen LogP contribution is 2.28. The van der Waals surface area contributed by atoms with Crippen molar-refractivity contribution in [2.24, 2.45) is 0 Å². The molecule has 4 rings (SSSR count). The summed E-state index contributed by atoms with van der Waals surface area (Å²) in [6.07, 6.45) is 0. The van der Waals surface area contributed by atoms with Crippen LogP contribution < -0.4 is 5.56 Å². The van der Waals surface area contributed by atoms with Crippen LogP contribution in [0.3, 0.4) is 0 Å². The van der Waals surface area contributed by atoms with Crippen molar-refractivity contribution >= 4 is 22.7 Å². The smallest absolute Gasteiger partial charge is 0.258 e. The SMILES string of the molecule is CCn1c(SCc2nc3c(C)cccc3c(=O)[nH]2)nnc1-c1ccc(C(C)(C)C)cc1. The number of thioether (sulfide) groups is 1. The summed E-state index contributed by atoms with van der Waals surface area (Å²) in [6.45, 7) is 11.4. The van der Waals surface area contributed by atoms with E-state index in [0.717, 1.165) is 34.2 Å². The number of nitrogens with zero attached hydrogens (tertiary/aromatic N) is 4. The molecule has 0 saturated carbocycles. The van der Waals surface area contributed by atoms with E-state index in [9.17, 15) is 4.79 Å². The van der Waals surface area contributed by atoms with Crippen LogP contribution in [-0.4, -0.2) is 24.7 Å². The Balaban J connectivity index is 1.59. The van der Waals surface area contributed by atoms with Crippen LogP contribution in [-0.2, 0) is 17.7 Å². The molecule has 0 spiro atoms. The number of aryl methyl sites for hydroxylation is 1. The third-order valence-electron chi connectivity index (χ3n) is 5.37. The lowest BCUT2D eigenvalue weighted by atomic mass is 9.87. The number of para-hydroxylation sites is 1. The van der Waals surface area contributed by atoms with E-state index < -0.39 is 0 Å². The van der Waals surface area contributed by atoms with Gasteiger partial charge in [-0.2, -0.15) is 0 Å². The van der Waals surface area contributed by atoms with Crippen LogP contribution in [0.2, 0.25) is 0 Å². The van der Waals surface area contributed by atoms with Gasteiger partial charge in [0.05, 0.1) is 16.7 Å². The van der Waals surface area contributed by atoms with Crippen LogP contribution in [0.1, 0.15) is 44.6 Å². The van der Waals surface area contributed by atoms with E-state index >= 15 is 0 Å². The standard InChI is InChI=1S/C24H27N5OS/c1-6-29-21(16-10-12-17(13-11-16)24(3,4)5)27-28-23(29)31-14-19-25-20-15(2)8-7-9-18(20)22(30)26-19/h7-13H,6,14H2,1-5H3,(H,25,26,30). The molecule has 160 valence electrons. The summed E-state index contributed by atoms with van der Waals surface area (Å²) in [5.74, 6) is 2.00. The number of hydrogen-bond donors (Lipinski definition) is 1. The number of fused-ring (bicyclic) bond motifs is 1. The lowest BCUT2D eigenvalue weighted by Crippen LogP contribution is -2.12. The second-order valence-corrected chi connectivity index (χ2v) is 9.59. The van der Waals surface area contributed by atoms with E-state index in [1.54, 1.807) is 6.07 Å². The lowest BCUT2D eigenvalue weighted by molar-refractivity contribution is 0.590. The predicted molar refractivity (Wildman–Crippen MR) is 126 cm³/mol. The molecule has 6 nitrogen and oxygen atoms in total. The molecule has 1 N–H and O–H groups in total. The number of aromatic amines is 1. The third kappa shape index (κ3) is 4.28. The van der Waals surface area contributed by atoms with Crippen LogP contribution in [0.4, 0.5) is 0 Å². The van der Waals surface area contributed by atoms with Crippen LogP contribution in [0.5, 0.6) is 0 Å². The lowest BCUT2D eigenvalue weighted by Gasteiger charge is -2.19. The van der Waals surface area contributed by atoms with E-state index in [1.807, 2.05) is 19.1 Å². The Hall–Kier alpha value is -2.93. The first-order valence-corrected chi connectivity index (χ1v) is 11.4. The van der Waals surface area contributed by atoms with Crippen LogP contribution in [0, 0.1) is 6.92 Å². The Bertz CT molecular complexity index is 1280. The number of aromatic nitrogens is 5. The summed E-state index contributed by atoms with van der Waals surface area (Å²) in [5, 5.41) is 10.3. The van der Waals surface area contributed by atoms with Crippen molar-refractivity contribution < 1.29 is 0 Å². The second kappa shape index (κ2) is 8.30. The van der Waals surface area contributed by atoms with E-state index in [1.165, 1.54) is 17.3 Å². The fraction of sp³-hybridized carbons (Fsp3) is 0.333. The van der Waals surface area contributed by atoms with Crippen molar-refractivity contribution in [3.63, 3.8) is 0 Å². The van der Waals surface area contributed by atoms with Gasteiger partial charge in [0.2, 0.25) is 0 Å². The Kier molecular flexibility index (Phi) is 5.71. The summed E-state index contributed by atoms with van der Waals surface area (Å²) in [5.41, 5.74) is 4.07. The molecule has 0 amide bonds. The van der Waals surface area contributed by atoms with E-state index in [-0.39, 0.29) is 11.0 Å². The van der Waals surface area contributed by atoms with Gasteiger partial charge in [-0.05, 0) is 36.5 Å². The monoisotopic (exact) mass is 433 g/mol. The molecule has 2 aromatic heterocycles. The number of nitrogens with one attached hydrogen (secondary N) is 1. The van der Waals surface area contributed by atoms with Gasteiger partial charge in [-0.15, -0.1) is 10.2 Å². The number of H-pyrrole nitrogens is 1. The minimum absolute atomic E-state index is 0.110. The molecular formula is C24H27N5OS. The maximum absolute atomic E-state index is 12.4. The molecule has 2 heterocycles. The third-order valence-corrected chi connectivity index (χ3v) is 6.35. The van der Waals surface area contributed by atoms with Crippen LogP contribution >= 0.6 is 11.8 Å². The summed E-state index contributed by atoms with van der Waals surface area (Å²) in [6, 6.07) is 14.2. The molecule has 0 saturated heterocycles. The zero-order valence-electron chi connectivity index (χ0n) is 18.6. The van der Waals surface area contributed by atoms with Crippen molar-refractivity contribution in [3.05, 3.63) is 69.8 Å². The van der Waals surface area contributed by atoms with Crippen molar-refractivity contribution in [2.45, 2.75) is 57.5 Å². The topological polar surface area (TPSA) is 76.5 Å². The quantitative estimate of drug-likeness (QED) is 0.443. The average molecular weight is 434 g/mol. The number of benzene rings is 2. The molecule has 0 aliphatic heterocycles. The van der Waals surface area contributed by atoms with Gasteiger partial charge < -0.3 is 9.55 Å². The highest BCUT2D eigenvalue weighted by atomic mass is 32.2. The van der Waals surface area contributed by atoms with Crippen LogP contribution in [0.25, 0.3) is 22.3 Å². The van der Waals surface area contributed by atoms with Gasteiger partial charge in [-0.25, -0.2) is 4.98 Å². The van der Waals surface area contributed by atoms with E-state index in [0.29, 0.717) is 17.0 Å². The maximum atomic E-state index is 12.4. The average Bonchev–Trinajstić information content (AvgIpc) is 3.15. The maximum Gasteiger partial charge on any atom is 0.258 e.